The van der Waals surface area contributed by atoms with Gasteiger partial charge in [0.2, 0.25) is 0 Å². The molecule has 4 heteroatoms. The van der Waals surface area contributed by atoms with Gasteiger partial charge in [-0.3, -0.25) is 0 Å². The Hall–Kier alpha value is -1.00. The highest BCUT2D eigenvalue weighted by Crippen LogP contribution is 2.51. The Bertz CT molecular complexity index is 424. The summed E-state index contributed by atoms with van der Waals surface area (Å²) in [6.07, 6.45) is 2.92. The van der Waals surface area contributed by atoms with E-state index in [1.54, 1.807) is 6.07 Å². The SMILES string of the molecule is CN(C)C(c1ccc(F)c(F)c1)C1(CO)CCC1. The average molecular weight is 255 g/mol. The summed E-state index contributed by atoms with van der Waals surface area (Å²) in [4.78, 5) is 1.97. The minimum atomic E-state index is -0.831. The smallest absolute Gasteiger partial charge is 0.159 e. The molecule has 1 atom stereocenters. The van der Waals surface area contributed by atoms with Crippen LogP contribution in [0.15, 0.2) is 18.2 Å². The minimum absolute atomic E-state index is 0.0775. The van der Waals surface area contributed by atoms with Gasteiger partial charge in [0.05, 0.1) is 6.61 Å². The monoisotopic (exact) mass is 255 g/mol. The van der Waals surface area contributed by atoms with E-state index in [0.29, 0.717) is 0 Å². The molecule has 1 aliphatic rings. The minimum Gasteiger partial charge on any atom is -0.396 e. The lowest BCUT2D eigenvalue weighted by molar-refractivity contribution is -0.0309. The van der Waals surface area contributed by atoms with Crippen molar-refractivity contribution in [2.75, 3.05) is 20.7 Å². The molecule has 1 fully saturated rings. The van der Waals surface area contributed by atoms with E-state index in [-0.39, 0.29) is 18.1 Å². The van der Waals surface area contributed by atoms with Gasteiger partial charge in [0.1, 0.15) is 0 Å². The molecule has 18 heavy (non-hydrogen) atoms. The summed E-state index contributed by atoms with van der Waals surface area (Å²) >= 11 is 0. The fourth-order valence-corrected chi connectivity index (χ4v) is 3.03. The summed E-state index contributed by atoms with van der Waals surface area (Å²) in [5, 5.41) is 9.65. The zero-order chi connectivity index (χ0) is 13.3. The Morgan fingerprint density at radius 1 is 1.28 bits per heavy atom. The Balaban J connectivity index is 2.38. The van der Waals surface area contributed by atoms with E-state index < -0.39 is 11.6 Å². The summed E-state index contributed by atoms with van der Waals surface area (Å²) in [6.45, 7) is 0.0782. The van der Waals surface area contributed by atoms with E-state index in [9.17, 15) is 13.9 Å². The number of halogens is 2. The molecule has 0 aliphatic heterocycles. The maximum atomic E-state index is 13.4. The predicted octanol–water partition coefficient (Wildman–Crippen LogP) is 2.73. The van der Waals surface area contributed by atoms with E-state index in [1.807, 2.05) is 19.0 Å². The van der Waals surface area contributed by atoms with Crippen LogP contribution in [0.2, 0.25) is 0 Å². The topological polar surface area (TPSA) is 23.5 Å². The van der Waals surface area contributed by atoms with Crippen LogP contribution < -0.4 is 0 Å². The van der Waals surface area contributed by atoms with Crippen molar-refractivity contribution >= 4 is 0 Å². The second-order valence-electron chi connectivity index (χ2n) is 5.41. The first-order valence-corrected chi connectivity index (χ1v) is 6.22. The van der Waals surface area contributed by atoms with E-state index in [4.69, 9.17) is 0 Å². The largest absolute Gasteiger partial charge is 0.396 e. The molecule has 1 aliphatic carbocycles. The fourth-order valence-electron chi connectivity index (χ4n) is 3.03. The third-order valence-electron chi connectivity index (χ3n) is 4.02. The number of hydrogen-bond acceptors (Lipinski definition) is 2. The molecule has 1 aromatic carbocycles. The van der Waals surface area contributed by atoms with Crippen LogP contribution in [0.3, 0.4) is 0 Å². The Kier molecular flexibility index (Phi) is 3.69. The van der Waals surface area contributed by atoms with Crippen molar-refractivity contribution in [3.05, 3.63) is 35.4 Å². The molecule has 0 heterocycles. The molecule has 0 radical (unpaired) electrons. The van der Waals surface area contributed by atoms with Crippen LogP contribution in [0.25, 0.3) is 0 Å². The molecule has 0 aromatic heterocycles. The first kappa shape index (κ1) is 13.4. The second kappa shape index (κ2) is 4.94. The van der Waals surface area contributed by atoms with E-state index in [1.165, 1.54) is 6.07 Å². The number of benzene rings is 1. The van der Waals surface area contributed by atoms with Gasteiger partial charge in [0, 0.05) is 11.5 Å². The molecule has 0 saturated heterocycles. The van der Waals surface area contributed by atoms with Gasteiger partial charge < -0.3 is 10.0 Å². The molecule has 2 nitrogen and oxygen atoms in total. The molecule has 0 amide bonds. The summed E-state index contributed by atoms with van der Waals surface area (Å²) in [5.41, 5.74) is 0.515. The van der Waals surface area contributed by atoms with Crippen LogP contribution >= 0.6 is 0 Å². The first-order valence-electron chi connectivity index (χ1n) is 6.22. The van der Waals surface area contributed by atoms with Crippen LogP contribution in [-0.4, -0.2) is 30.7 Å². The van der Waals surface area contributed by atoms with Crippen molar-refractivity contribution in [2.45, 2.75) is 25.3 Å². The van der Waals surface area contributed by atoms with Gasteiger partial charge in [-0.1, -0.05) is 12.5 Å². The van der Waals surface area contributed by atoms with Crippen molar-refractivity contribution in [2.24, 2.45) is 5.41 Å². The van der Waals surface area contributed by atoms with Gasteiger partial charge in [-0.15, -0.1) is 0 Å². The standard InChI is InChI=1S/C14H19F2NO/c1-17(2)13(14(9-18)6-3-7-14)10-4-5-11(15)12(16)8-10/h4-5,8,13,18H,3,6-7,9H2,1-2H3. The zero-order valence-electron chi connectivity index (χ0n) is 10.8. The molecular weight excluding hydrogens is 236 g/mol. The molecule has 1 unspecified atom stereocenters. The predicted molar refractivity (Wildman–Crippen MR) is 66.2 cm³/mol. The maximum Gasteiger partial charge on any atom is 0.159 e. The number of rotatable bonds is 4. The quantitative estimate of drug-likeness (QED) is 0.894. The van der Waals surface area contributed by atoms with Crippen molar-refractivity contribution < 1.29 is 13.9 Å². The van der Waals surface area contributed by atoms with Crippen molar-refractivity contribution in [3.8, 4) is 0 Å². The molecule has 100 valence electrons. The van der Waals surface area contributed by atoms with E-state index in [2.05, 4.69) is 0 Å². The van der Waals surface area contributed by atoms with Crippen molar-refractivity contribution in [1.29, 1.82) is 0 Å². The molecule has 1 aromatic rings. The fraction of sp³-hybridized carbons (Fsp3) is 0.571. The van der Waals surface area contributed by atoms with Crippen LogP contribution in [0.1, 0.15) is 30.9 Å². The first-order chi connectivity index (χ1) is 8.50. The van der Waals surface area contributed by atoms with Crippen molar-refractivity contribution in [3.63, 3.8) is 0 Å². The molecule has 0 bridgehead atoms. The lowest BCUT2D eigenvalue weighted by Crippen LogP contribution is -2.45. The molecular formula is C14H19F2NO. The second-order valence-corrected chi connectivity index (χ2v) is 5.41. The lowest BCUT2D eigenvalue weighted by atomic mass is 9.62. The third-order valence-corrected chi connectivity index (χ3v) is 4.02. The summed E-state index contributed by atoms with van der Waals surface area (Å²) in [5.74, 6) is -1.66. The van der Waals surface area contributed by atoms with Gasteiger partial charge in [0.25, 0.3) is 0 Å². The van der Waals surface area contributed by atoms with E-state index >= 15 is 0 Å². The molecule has 1 N–H and O–H groups in total. The molecule has 0 spiro atoms. The van der Waals surface area contributed by atoms with Gasteiger partial charge in [-0.2, -0.15) is 0 Å². The van der Waals surface area contributed by atoms with Gasteiger partial charge in [-0.25, -0.2) is 8.78 Å². The van der Waals surface area contributed by atoms with Crippen molar-refractivity contribution in [1.82, 2.24) is 4.90 Å². The highest BCUT2D eigenvalue weighted by molar-refractivity contribution is 5.24. The summed E-state index contributed by atoms with van der Waals surface area (Å²) < 4.78 is 26.4. The van der Waals surface area contributed by atoms with Crippen LogP contribution in [0, 0.1) is 17.0 Å². The Morgan fingerprint density at radius 2 is 1.94 bits per heavy atom. The highest BCUT2D eigenvalue weighted by atomic mass is 19.2. The number of hydrogen-bond donors (Lipinski definition) is 1. The average Bonchev–Trinajstić information content (AvgIpc) is 2.27. The zero-order valence-corrected chi connectivity index (χ0v) is 10.8. The van der Waals surface area contributed by atoms with Crippen LogP contribution in [-0.2, 0) is 0 Å². The van der Waals surface area contributed by atoms with E-state index in [0.717, 1.165) is 30.9 Å². The van der Waals surface area contributed by atoms with Gasteiger partial charge in [-0.05, 0) is 44.6 Å². The highest BCUT2D eigenvalue weighted by Gasteiger charge is 2.45. The third kappa shape index (κ3) is 2.15. The van der Waals surface area contributed by atoms with Crippen LogP contribution in [0.4, 0.5) is 8.78 Å². The Labute approximate surface area is 106 Å². The lowest BCUT2D eigenvalue weighted by Gasteiger charge is -2.49. The summed E-state index contributed by atoms with van der Waals surface area (Å²) in [7, 11) is 3.81. The Morgan fingerprint density at radius 3 is 2.33 bits per heavy atom. The van der Waals surface area contributed by atoms with Crippen LogP contribution in [0.5, 0.6) is 0 Å². The summed E-state index contributed by atoms with van der Waals surface area (Å²) in [6, 6.07) is 3.94. The number of aliphatic hydroxyl groups is 1. The number of nitrogens with zero attached hydrogens (tertiary/aromatic N) is 1. The van der Waals surface area contributed by atoms with Gasteiger partial charge >= 0.3 is 0 Å². The maximum absolute atomic E-state index is 13.4. The van der Waals surface area contributed by atoms with Gasteiger partial charge in [0.15, 0.2) is 11.6 Å². The number of aliphatic hydroxyl groups excluding tert-OH is 1. The molecule has 2 rings (SSSR count). The normalized spacial score (nSPS) is 19.7. The molecule has 1 saturated carbocycles.